The number of carbonyl (C=O) groups is 4. The number of Topliss-reactive ketones (excluding diaryl/α,β-unsaturated/α-hetero) is 2. The van der Waals surface area contributed by atoms with Gasteiger partial charge >= 0.3 is 7.67 Å². The van der Waals surface area contributed by atoms with E-state index in [1.807, 2.05) is 7.05 Å². The highest BCUT2D eigenvalue weighted by atomic mass is 79.9. The normalized spacial score (nSPS) is 13.0. The van der Waals surface area contributed by atoms with Crippen LogP contribution in [0.4, 0.5) is 0 Å². The van der Waals surface area contributed by atoms with Gasteiger partial charge in [-0.2, -0.15) is 0 Å². The molecule has 0 unspecified atom stereocenters. The first-order chi connectivity index (χ1) is 35.7. The van der Waals surface area contributed by atoms with Gasteiger partial charge in [0.15, 0.2) is 17.5 Å². The SMILES string of the molecule is Br.CC(C)(C)OO.CCN(C(C)C)C(C)C.CCN(C(C)C)C(C)C.CNCCBr.COC1=CC(=O)c2c(cc(CO)n2C)C1=O.COC1=CC(=O)c2c(cc(COP(=O)(N(C)CCBr)N(C)CCBr)n2C)C1=O.ClP(Cl)Cl. The number of nitrogens with zero attached hydrogens (tertiary/aromatic N) is 6. The summed E-state index contributed by atoms with van der Waals surface area (Å²) in [6.07, 6.45) is 2.36. The molecule has 2 heterocycles. The Balaban J connectivity index is -0.000000463. The van der Waals surface area contributed by atoms with Crippen LogP contribution in [-0.2, 0) is 50.8 Å². The molecule has 2 aliphatic carbocycles. The Morgan fingerprint density at radius 1 is 0.705 bits per heavy atom. The van der Waals surface area contributed by atoms with Crippen molar-refractivity contribution in [3.8, 4) is 0 Å². The summed E-state index contributed by atoms with van der Waals surface area (Å²) < 4.78 is 35.8. The Labute approximate surface area is 518 Å². The highest BCUT2D eigenvalue weighted by molar-refractivity contribution is 9.09. The Bertz CT molecular complexity index is 2120. The van der Waals surface area contributed by atoms with E-state index < -0.39 is 19.3 Å². The molecule has 0 radical (unpaired) electrons. The number of ether oxygens (including phenoxy) is 2. The summed E-state index contributed by atoms with van der Waals surface area (Å²) in [5, 5.41) is 22.3. The lowest BCUT2D eigenvalue weighted by Crippen LogP contribution is -2.36. The summed E-state index contributed by atoms with van der Waals surface area (Å²) >= 11 is 24.6. The third-order valence-electron chi connectivity index (χ3n) is 11.3. The highest BCUT2D eigenvalue weighted by Gasteiger charge is 2.36. The van der Waals surface area contributed by atoms with Crippen molar-refractivity contribution in [1.82, 2.24) is 33.6 Å². The van der Waals surface area contributed by atoms with Gasteiger partial charge in [-0.15, -0.1) is 17.0 Å². The molecule has 27 heteroatoms. The van der Waals surface area contributed by atoms with E-state index in [-0.39, 0.29) is 81.7 Å². The van der Waals surface area contributed by atoms with Crippen molar-refractivity contribution in [1.29, 1.82) is 0 Å². The molecule has 18 nitrogen and oxygen atoms in total. The van der Waals surface area contributed by atoms with Crippen LogP contribution < -0.4 is 5.32 Å². The number of aliphatic hydroxyl groups excluding tert-OH is 1. The Morgan fingerprint density at radius 2 is 1.03 bits per heavy atom. The molecular formula is C51H92Br4Cl3N7O11P2. The minimum atomic E-state index is -3.29. The molecule has 2 aromatic heterocycles. The summed E-state index contributed by atoms with van der Waals surface area (Å²) in [6, 6.07) is 5.87. The van der Waals surface area contributed by atoms with Crippen LogP contribution in [-0.4, -0.2) is 176 Å². The summed E-state index contributed by atoms with van der Waals surface area (Å²) in [7, 11) is 8.14. The van der Waals surface area contributed by atoms with Crippen LogP contribution >= 0.6 is 112 Å². The quantitative estimate of drug-likeness (QED) is 0.0489. The molecule has 0 atom stereocenters. The standard InChI is InChI=1S/C17H24Br2N3O5P.C11H11NO4.2C8H19N.C4H10O2.C3H8BrN.BrH.Cl3P/c1-20(7-5-18)28(25,21(2)8-6-19)27-11-12-9-13-16(22(12)3)14(23)10-15(26-4)17(13)24;1-12-6(5-13)3-7-10(12)8(14)4-9(16-2)11(7)15;2*1-6-9(7(2)3)8(4)5;1-4(2,3)6-5;1-5-3-2-4;;1-4(2)3/h9-10H,5-8,11H2,1-4H3;3-4,13H,5H2,1-2H3;2*7-8H,6H2,1-5H3;5H,1-3H3;5H,2-3H2,1H3;1H;. The molecule has 0 aromatic carbocycles. The summed E-state index contributed by atoms with van der Waals surface area (Å²) in [5.74, 6) is -2.43. The zero-order valence-corrected chi connectivity index (χ0v) is 60.0. The predicted molar refractivity (Wildman–Crippen MR) is 341 cm³/mol. The van der Waals surface area contributed by atoms with Gasteiger partial charge in [-0.3, -0.25) is 43.3 Å². The third-order valence-corrected chi connectivity index (χ3v) is 15.0. The van der Waals surface area contributed by atoms with E-state index in [4.69, 9.17) is 58.1 Å². The Kier molecular flexibility index (Phi) is 47.3. The molecule has 0 bridgehead atoms. The first kappa shape index (κ1) is 83.9. The van der Waals surface area contributed by atoms with E-state index in [1.54, 1.807) is 68.9 Å². The second kappa shape index (κ2) is 44.0. The number of fused-ring (bicyclic) bond motifs is 2. The first-order valence-corrected chi connectivity index (χ1v) is 33.9. The predicted octanol–water partition coefficient (Wildman–Crippen LogP) is 13.3. The number of aromatic nitrogens is 2. The van der Waals surface area contributed by atoms with E-state index in [0.717, 1.165) is 25.0 Å². The van der Waals surface area contributed by atoms with Gasteiger partial charge in [-0.25, -0.2) is 14.2 Å². The van der Waals surface area contributed by atoms with Gasteiger partial charge < -0.3 is 29.0 Å². The van der Waals surface area contributed by atoms with Crippen LogP contribution in [0, 0.1) is 0 Å². The largest absolute Gasteiger partial charge is 0.492 e. The molecule has 2 aromatic rings. The Hall–Kier alpha value is -0.590. The second-order valence-electron chi connectivity index (χ2n) is 19.0. The molecule has 0 amide bonds. The van der Waals surface area contributed by atoms with E-state index in [1.165, 1.54) is 37.0 Å². The van der Waals surface area contributed by atoms with E-state index >= 15 is 0 Å². The fourth-order valence-electron chi connectivity index (χ4n) is 7.47. The molecule has 0 spiro atoms. The Morgan fingerprint density at radius 3 is 1.24 bits per heavy atom. The van der Waals surface area contributed by atoms with Gasteiger partial charge in [0, 0.05) is 97.4 Å². The molecule has 2 aliphatic rings. The van der Waals surface area contributed by atoms with Crippen LogP contribution in [0.5, 0.6) is 0 Å². The number of ketones is 4. The van der Waals surface area contributed by atoms with Gasteiger partial charge in [0.25, 0.3) is 0 Å². The van der Waals surface area contributed by atoms with Crippen LogP contribution in [0.15, 0.2) is 35.8 Å². The zero-order chi connectivity index (χ0) is 60.7. The number of nitrogens with one attached hydrogen (secondary N) is 1. The van der Waals surface area contributed by atoms with Crippen molar-refractivity contribution in [3.63, 3.8) is 0 Å². The van der Waals surface area contributed by atoms with Crippen molar-refractivity contribution in [3.05, 3.63) is 69.7 Å². The maximum Gasteiger partial charge on any atom is 0.345 e. The summed E-state index contributed by atoms with van der Waals surface area (Å²) in [4.78, 5) is 57.3. The average Bonchev–Trinajstić information content (AvgIpc) is 3.87. The number of rotatable bonds is 20. The number of alkyl halides is 3. The fourth-order valence-corrected chi connectivity index (χ4v) is 11.4. The topological polar surface area (TPSA) is 198 Å². The van der Waals surface area contributed by atoms with Crippen molar-refractivity contribution >= 4 is 135 Å². The van der Waals surface area contributed by atoms with Crippen LogP contribution in [0.1, 0.15) is 143 Å². The molecule has 4 rings (SSSR count). The van der Waals surface area contributed by atoms with Gasteiger partial charge in [-0.1, -0.05) is 95.4 Å². The molecule has 0 aliphatic heterocycles. The maximum absolute atomic E-state index is 13.6. The van der Waals surface area contributed by atoms with Crippen molar-refractivity contribution in [2.45, 2.75) is 133 Å². The highest BCUT2D eigenvalue weighted by Crippen LogP contribution is 2.53. The maximum atomic E-state index is 13.6. The lowest BCUT2D eigenvalue weighted by atomic mass is 10.0. The van der Waals surface area contributed by atoms with E-state index in [2.05, 4.69) is 137 Å². The van der Waals surface area contributed by atoms with Crippen molar-refractivity contribution in [2.24, 2.45) is 14.1 Å². The van der Waals surface area contributed by atoms with E-state index in [9.17, 15) is 23.7 Å². The molecular weight excluding hydrogens is 1370 g/mol. The number of halogens is 7. The molecule has 3 N–H and O–H groups in total. The number of hydrogen-bond donors (Lipinski definition) is 3. The summed E-state index contributed by atoms with van der Waals surface area (Å²) in [6.45, 7) is 31.9. The average molecular weight is 1470 g/mol. The first-order valence-electron chi connectivity index (χ1n) is 25.0. The van der Waals surface area contributed by atoms with Gasteiger partial charge in [0.1, 0.15) is 11.4 Å². The molecule has 0 fully saturated rings. The molecule has 456 valence electrons. The summed E-state index contributed by atoms with van der Waals surface area (Å²) in [5.41, 5.74) is 1.84. The third kappa shape index (κ3) is 29.8. The molecule has 0 saturated carbocycles. The van der Waals surface area contributed by atoms with Crippen molar-refractivity contribution < 1.29 is 53.0 Å². The lowest BCUT2D eigenvalue weighted by Gasteiger charge is -2.33. The minimum Gasteiger partial charge on any atom is -0.492 e. The number of carbonyl (C=O) groups excluding carboxylic acids is 4. The van der Waals surface area contributed by atoms with E-state index in [0.29, 0.717) is 65.0 Å². The zero-order valence-electron chi connectivity index (χ0n) is 49.5. The van der Waals surface area contributed by atoms with Crippen molar-refractivity contribution in [2.75, 3.05) is 84.1 Å². The number of aliphatic hydroxyl groups is 1. The molecule has 0 saturated heterocycles. The van der Waals surface area contributed by atoms with Crippen LogP contribution in [0.25, 0.3) is 0 Å². The van der Waals surface area contributed by atoms with Crippen LogP contribution in [0.3, 0.4) is 0 Å². The lowest BCUT2D eigenvalue weighted by molar-refractivity contribution is -0.306. The number of methoxy groups -OCH3 is 2. The van der Waals surface area contributed by atoms with Gasteiger partial charge in [0.2, 0.25) is 23.1 Å². The smallest absolute Gasteiger partial charge is 0.345 e. The molecule has 78 heavy (non-hydrogen) atoms. The second-order valence-corrected chi connectivity index (χ2v) is 29.0. The van der Waals surface area contributed by atoms with Gasteiger partial charge in [-0.05, 0) is 123 Å². The minimum absolute atomic E-state index is 0. The number of allylic oxidation sites excluding steroid dienone is 4. The van der Waals surface area contributed by atoms with Gasteiger partial charge in [0.05, 0.1) is 44.2 Å². The monoisotopic (exact) mass is 1460 g/mol. The van der Waals surface area contributed by atoms with Crippen LogP contribution in [0.2, 0.25) is 0 Å². The number of hydrogen-bond acceptors (Lipinski definition) is 14. The fraction of sp³-hybridized carbons (Fsp3) is 0.686.